The summed E-state index contributed by atoms with van der Waals surface area (Å²) in [6.07, 6.45) is 0. The topological polar surface area (TPSA) is 58.6 Å². The SMILES string of the molecule is C[C@@H]1SC[C@H](C(=O)N2CCOCC2)NC1=O. The number of nitrogens with one attached hydrogen (secondary N) is 1. The van der Waals surface area contributed by atoms with E-state index in [-0.39, 0.29) is 23.1 Å². The van der Waals surface area contributed by atoms with Crippen molar-refractivity contribution in [2.45, 2.75) is 18.2 Å². The summed E-state index contributed by atoms with van der Waals surface area (Å²) in [5, 5.41) is 2.72. The smallest absolute Gasteiger partial charge is 0.246 e. The van der Waals surface area contributed by atoms with Gasteiger partial charge in [0.1, 0.15) is 6.04 Å². The fourth-order valence-electron chi connectivity index (χ4n) is 1.78. The molecule has 0 bridgehead atoms. The number of hydrogen-bond donors (Lipinski definition) is 1. The molecule has 1 N–H and O–H groups in total. The third-order valence-corrected chi connectivity index (χ3v) is 4.06. The van der Waals surface area contributed by atoms with Crippen molar-refractivity contribution in [2.75, 3.05) is 32.1 Å². The molecule has 0 aromatic carbocycles. The van der Waals surface area contributed by atoms with Gasteiger partial charge < -0.3 is 15.0 Å². The maximum Gasteiger partial charge on any atom is 0.246 e. The zero-order chi connectivity index (χ0) is 11.5. The fraction of sp³-hybridized carbons (Fsp3) is 0.800. The molecule has 2 amide bonds. The number of carbonyl (C=O) groups excluding carboxylic acids is 2. The van der Waals surface area contributed by atoms with Crippen molar-refractivity contribution in [3.8, 4) is 0 Å². The molecule has 6 heteroatoms. The van der Waals surface area contributed by atoms with Crippen molar-refractivity contribution in [3.05, 3.63) is 0 Å². The molecule has 2 aliphatic rings. The number of thioether (sulfide) groups is 1. The van der Waals surface area contributed by atoms with Gasteiger partial charge in [0.15, 0.2) is 0 Å². The molecule has 0 radical (unpaired) electrons. The second-order valence-electron chi connectivity index (χ2n) is 3.97. The van der Waals surface area contributed by atoms with E-state index in [4.69, 9.17) is 4.74 Å². The van der Waals surface area contributed by atoms with Gasteiger partial charge in [-0.15, -0.1) is 11.8 Å². The lowest BCUT2D eigenvalue weighted by atomic mass is 10.2. The van der Waals surface area contributed by atoms with Gasteiger partial charge in [-0.2, -0.15) is 0 Å². The molecule has 0 aromatic heterocycles. The second kappa shape index (κ2) is 5.05. The standard InChI is InChI=1S/C10H16N2O3S/c1-7-9(13)11-8(6-16-7)10(14)12-2-4-15-5-3-12/h7-8H,2-6H2,1H3,(H,11,13)/t7-,8+/m0/s1. The maximum atomic E-state index is 12.0. The molecule has 5 nitrogen and oxygen atoms in total. The molecule has 0 spiro atoms. The number of carbonyl (C=O) groups is 2. The summed E-state index contributed by atoms with van der Waals surface area (Å²) in [4.78, 5) is 25.3. The summed E-state index contributed by atoms with van der Waals surface area (Å²) < 4.78 is 5.19. The van der Waals surface area contributed by atoms with E-state index in [1.807, 2.05) is 6.92 Å². The Kier molecular flexibility index (Phi) is 3.70. The van der Waals surface area contributed by atoms with E-state index >= 15 is 0 Å². The van der Waals surface area contributed by atoms with Gasteiger partial charge in [-0.3, -0.25) is 9.59 Å². The van der Waals surface area contributed by atoms with Crippen LogP contribution in [0.4, 0.5) is 0 Å². The average molecular weight is 244 g/mol. The van der Waals surface area contributed by atoms with Gasteiger partial charge >= 0.3 is 0 Å². The molecule has 2 rings (SSSR count). The van der Waals surface area contributed by atoms with Crippen molar-refractivity contribution < 1.29 is 14.3 Å². The summed E-state index contributed by atoms with van der Waals surface area (Å²) in [5.74, 6) is 0.655. The molecule has 0 unspecified atom stereocenters. The van der Waals surface area contributed by atoms with E-state index in [2.05, 4.69) is 5.32 Å². The molecular weight excluding hydrogens is 228 g/mol. The molecule has 2 aliphatic heterocycles. The molecule has 16 heavy (non-hydrogen) atoms. The van der Waals surface area contributed by atoms with Crippen molar-refractivity contribution in [1.29, 1.82) is 0 Å². The quantitative estimate of drug-likeness (QED) is 0.673. The van der Waals surface area contributed by atoms with Gasteiger partial charge in [0.25, 0.3) is 0 Å². The van der Waals surface area contributed by atoms with Gasteiger partial charge in [-0.05, 0) is 6.92 Å². The Labute approximate surface area is 98.9 Å². The maximum absolute atomic E-state index is 12.0. The van der Waals surface area contributed by atoms with Gasteiger partial charge in [0.05, 0.1) is 18.5 Å². The summed E-state index contributed by atoms with van der Waals surface area (Å²) in [6.45, 7) is 4.30. The molecule has 2 atom stereocenters. The van der Waals surface area contributed by atoms with Crippen LogP contribution in [0, 0.1) is 0 Å². The van der Waals surface area contributed by atoms with Crippen LogP contribution in [0.15, 0.2) is 0 Å². The van der Waals surface area contributed by atoms with Gasteiger partial charge in [-0.25, -0.2) is 0 Å². The first-order valence-corrected chi connectivity index (χ1v) is 6.52. The number of morpholine rings is 1. The lowest BCUT2D eigenvalue weighted by Crippen LogP contribution is -2.56. The number of hydrogen-bond acceptors (Lipinski definition) is 4. The van der Waals surface area contributed by atoms with Crippen LogP contribution in [0.1, 0.15) is 6.92 Å². The first kappa shape index (κ1) is 11.7. The Hall–Kier alpha value is -0.750. The van der Waals surface area contributed by atoms with E-state index < -0.39 is 0 Å². The van der Waals surface area contributed by atoms with Crippen molar-refractivity contribution >= 4 is 23.6 Å². The van der Waals surface area contributed by atoms with Gasteiger partial charge in [0, 0.05) is 18.8 Å². The molecule has 0 aromatic rings. The summed E-state index contributed by atoms with van der Waals surface area (Å²) in [7, 11) is 0. The van der Waals surface area contributed by atoms with Crippen LogP contribution in [-0.2, 0) is 14.3 Å². The summed E-state index contributed by atoms with van der Waals surface area (Å²) >= 11 is 1.54. The van der Waals surface area contributed by atoms with Crippen LogP contribution in [0.3, 0.4) is 0 Å². The first-order chi connectivity index (χ1) is 7.68. The molecule has 2 fully saturated rings. The summed E-state index contributed by atoms with van der Waals surface area (Å²) in [6, 6.07) is -0.355. The highest BCUT2D eigenvalue weighted by molar-refractivity contribution is 8.00. The van der Waals surface area contributed by atoms with Gasteiger partial charge in [-0.1, -0.05) is 0 Å². The minimum absolute atomic E-state index is 0.0241. The van der Waals surface area contributed by atoms with Crippen LogP contribution in [0.2, 0.25) is 0 Å². The molecular formula is C10H16N2O3S. The minimum Gasteiger partial charge on any atom is -0.378 e. The zero-order valence-corrected chi connectivity index (χ0v) is 10.1. The number of ether oxygens (including phenoxy) is 1. The molecule has 90 valence electrons. The first-order valence-electron chi connectivity index (χ1n) is 5.47. The lowest BCUT2D eigenvalue weighted by molar-refractivity contribution is -0.139. The average Bonchev–Trinajstić information content (AvgIpc) is 2.33. The third-order valence-electron chi connectivity index (χ3n) is 2.82. The van der Waals surface area contributed by atoms with Crippen LogP contribution in [0.5, 0.6) is 0 Å². The zero-order valence-electron chi connectivity index (χ0n) is 9.27. The van der Waals surface area contributed by atoms with Crippen molar-refractivity contribution in [2.24, 2.45) is 0 Å². The lowest BCUT2D eigenvalue weighted by Gasteiger charge is -2.33. The van der Waals surface area contributed by atoms with E-state index in [1.54, 1.807) is 4.90 Å². The minimum atomic E-state index is -0.355. The Morgan fingerprint density at radius 1 is 1.50 bits per heavy atom. The number of nitrogens with zero attached hydrogens (tertiary/aromatic N) is 1. The monoisotopic (exact) mass is 244 g/mol. The van der Waals surface area contributed by atoms with Crippen molar-refractivity contribution in [1.82, 2.24) is 10.2 Å². The Morgan fingerprint density at radius 3 is 2.81 bits per heavy atom. The van der Waals surface area contributed by atoms with E-state index in [1.165, 1.54) is 11.8 Å². The van der Waals surface area contributed by atoms with E-state index in [0.29, 0.717) is 32.1 Å². The van der Waals surface area contributed by atoms with E-state index in [9.17, 15) is 9.59 Å². The van der Waals surface area contributed by atoms with Crippen LogP contribution in [-0.4, -0.2) is 60.1 Å². The highest BCUT2D eigenvalue weighted by Gasteiger charge is 2.32. The number of amides is 2. The van der Waals surface area contributed by atoms with Crippen molar-refractivity contribution in [3.63, 3.8) is 0 Å². The summed E-state index contributed by atoms with van der Waals surface area (Å²) in [5.41, 5.74) is 0. The number of rotatable bonds is 1. The van der Waals surface area contributed by atoms with Gasteiger partial charge in [0.2, 0.25) is 11.8 Å². The highest BCUT2D eigenvalue weighted by atomic mass is 32.2. The largest absolute Gasteiger partial charge is 0.378 e. The normalized spacial score (nSPS) is 31.1. The molecule has 0 aliphatic carbocycles. The molecule has 2 heterocycles. The van der Waals surface area contributed by atoms with E-state index in [0.717, 1.165) is 0 Å². The predicted octanol–water partition coefficient (Wildman–Crippen LogP) is -0.535. The fourth-order valence-corrected chi connectivity index (χ4v) is 2.71. The van der Waals surface area contributed by atoms with Crippen LogP contribution < -0.4 is 5.32 Å². The molecule has 2 saturated heterocycles. The highest BCUT2D eigenvalue weighted by Crippen LogP contribution is 2.18. The Balaban J connectivity index is 1.91. The molecule has 0 saturated carbocycles. The van der Waals surface area contributed by atoms with Crippen LogP contribution in [0.25, 0.3) is 0 Å². The third kappa shape index (κ3) is 2.49. The predicted molar refractivity (Wildman–Crippen MR) is 61.2 cm³/mol. The second-order valence-corrected chi connectivity index (χ2v) is 5.35. The van der Waals surface area contributed by atoms with Crippen LogP contribution >= 0.6 is 11.8 Å². The Bertz CT molecular complexity index is 292. The Morgan fingerprint density at radius 2 is 2.19 bits per heavy atom.